The van der Waals surface area contributed by atoms with Crippen LogP contribution in [0.4, 0.5) is 5.69 Å². The number of benzene rings is 2. The fourth-order valence-electron chi connectivity index (χ4n) is 5.98. The summed E-state index contributed by atoms with van der Waals surface area (Å²) in [5.41, 5.74) is 4.98. The predicted octanol–water partition coefficient (Wildman–Crippen LogP) is 4.81. The Morgan fingerprint density at radius 2 is 1.78 bits per heavy atom. The van der Waals surface area contributed by atoms with Gasteiger partial charge in [-0.05, 0) is 78.4 Å². The molecule has 1 saturated carbocycles. The van der Waals surface area contributed by atoms with Gasteiger partial charge in [-0.15, -0.1) is 5.10 Å². The Morgan fingerprint density at radius 1 is 1.00 bits per heavy atom. The minimum atomic E-state index is -0.327. The molecule has 1 saturated heterocycles. The van der Waals surface area contributed by atoms with E-state index >= 15 is 0 Å². The molecule has 2 aromatic carbocycles. The van der Waals surface area contributed by atoms with Gasteiger partial charge in [0.1, 0.15) is 6.04 Å². The van der Waals surface area contributed by atoms with Gasteiger partial charge in [0.2, 0.25) is 0 Å². The second-order valence-electron chi connectivity index (χ2n) is 10.4. The van der Waals surface area contributed by atoms with Crippen molar-refractivity contribution >= 4 is 28.2 Å². The maximum atomic E-state index is 13.5. The SMILES string of the molecule is Cc1ccc2[nH]c(=O)c([C@@H](c3nnnn3C3CCCC3)N3CCN(c4cc(Cl)ccc4C)CC3)cc2c1. The van der Waals surface area contributed by atoms with Crippen LogP contribution in [-0.2, 0) is 0 Å². The number of anilines is 1. The van der Waals surface area contributed by atoms with Crippen molar-refractivity contribution < 1.29 is 0 Å². The highest BCUT2D eigenvalue weighted by atomic mass is 35.5. The van der Waals surface area contributed by atoms with Gasteiger partial charge in [-0.1, -0.05) is 42.1 Å². The zero-order valence-electron chi connectivity index (χ0n) is 21.3. The average Bonchev–Trinajstić information content (AvgIpc) is 3.59. The van der Waals surface area contributed by atoms with Crippen LogP contribution in [0.25, 0.3) is 10.9 Å². The van der Waals surface area contributed by atoms with E-state index in [4.69, 9.17) is 11.6 Å². The van der Waals surface area contributed by atoms with Gasteiger partial charge in [0, 0.05) is 48.0 Å². The van der Waals surface area contributed by atoms with E-state index in [1.165, 1.54) is 24.1 Å². The summed E-state index contributed by atoms with van der Waals surface area (Å²) in [6.07, 6.45) is 4.50. The van der Waals surface area contributed by atoms with Gasteiger partial charge in [-0.3, -0.25) is 9.69 Å². The largest absolute Gasteiger partial charge is 0.369 e. The number of halogens is 1. The van der Waals surface area contributed by atoms with Crippen LogP contribution in [0.3, 0.4) is 0 Å². The van der Waals surface area contributed by atoms with E-state index in [0.717, 1.165) is 66.3 Å². The number of aryl methyl sites for hydroxylation is 2. The zero-order valence-corrected chi connectivity index (χ0v) is 22.1. The van der Waals surface area contributed by atoms with Crippen LogP contribution < -0.4 is 10.5 Å². The first-order valence-corrected chi connectivity index (χ1v) is 13.5. The molecule has 0 bridgehead atoms. The monoisotopic (exact) mass is 517 g/mol. The first-order chi connectivity index (χ1) is 18.0. The normalized spacial score (nSPS) is 18.1. The van der Waals surface area contributed by atoms with Crippen molar-refractivity contribution in [3.05, 3.63) is 80.4 Å². The molecule has 37 heavy (non-hydrogen) atoms. The smallest absolute Gasteiger partial charge is 0.253 e. The van der Waals surface area contributed by atoms with E-state index in [1.807, 2.05) is 35.0 Å². The number of H-pyrrole nitrogens is 1. The Bertz CT molecular complexity index is 1480. The van der Waals surface area contributed by atoms with Crippen molar-refractivity contribution in [1.82, 2.24) is 30.1 Å². The number of nitrogens with one attached hydrogen (secondary N) is 1. The minimum absolute atomic E-state index is 0.0876. The van der Waals surface area contributed by atoms with Gasteiger partial charge in [0.15, 0.2) is 5.82 Å². The highest BCUT2D eigenvalue weighted by Gasteiger charge is 2.35. The number of nitrogens with zero attached hydrogens (tertiary/aromatic N) is 6. The van der Waals surface area contributed by atoms with Crippen LogP contribution in [0, 0.1) is 13.8 Å². The minimum Gasteiger partial charge on any atom is -0.369 e. The third kappa shape index (κ3) is 4.64. The first-order valence-electron chi connectivity index (χ1n) is 13.1. The van der Waals surface area contributed by atoms with Crippen molar-refractivity contribution in [3.63, 3.8) is 0 Å². The lowest BCUT2D eigenvalue weighted by molar-refractivity contribution is 0.197. The molecule has 4 aromatic rings. The summed E-state index contributed by atoms with van der Waals surface area (Å²) in [6.45, 7) is 7.39. The number of tetrazole rings is 1. The van der Waals surface area contributed by atoms with E-state index in [9.17, 15) is 4.79 Å². The maximum Gasteiger partial charge on any atom is 0.253 e. The van der Waals surface area contributed by atoms with Crippen LogP contribution >= 0.6 is 11.6 Å². The Morgan fingerprint density at radius 3 is 2.57 bits per heavy atom. The first kappa shape index (κ1) is 24.1. The molecule has 2 fully saturated rings. The molecule has 0 radical (unpaired) electrons. The molecule has 8 nitrogen and oxygen atoms in total. The lowest BCUT2D eigenvalue weighted by atomic mass is 10.0. The lowest BCUT2D eigenvalue weighted by Gasteiger charge is -2.40. The Kier molecular flexibility index (Phi) is 6.46. The number of hydrogen-bond acceptors (Lipinski definition) is 6. The van der Waals surface area contributed by atoms with Crippen molar-refractivity contribution in [1.29, 1.82) is 0 Å². The van der Waals surface area contributed by atoms with Crippen LogP contribution in [0.5, 0.6) is 0 Å². The summed E-state index contributed by atoms with van der Waals surface area (Å²) >= 11 is 6.32. The quantitative estimate of drug-likeness (QED) is 0.409. The van der Waals surface area contributed by atoms with Crippen molar-refractivity contribution in [2.45, 2.75) is 51.6 Å². The van der Waals surface area contributed by atoms with Crippen molar-refractivity contribution in [2.75, 3.05) is 31.1 Å². The Hall–Kier alpha value is -3.23. The molecule has 192 valence electrons. The topological polar surface area (TPSA) is 82.9 Å². The number of rotatable bonds is 5. The van der Waals surface area contributed by atoms with Crippen molar-refractivity contribution in [3.8, 4) is 0 Å². The summed E-state index contributed by atoms with van der Waals surface area (Å²) < 4.78 is 1.99. The molecule has 0 amide bonds. The summed E-state index contributed by atoms with van der Waals surface area (Å²) in [5.74, 6) is 0.761. The molecule has 9 heteroatoms. The number of fused-ring (bicyclic) bond motifs is 1. The van der Waals surface area contributed by atoms with Gasteiger partial charge in [0.25, 0.3) is 5.56 Å². The van der Waals surface area contributed by atoms with E-state index in [2.05, 4.69) is 56.3 Å². The molecular formula is C28H32ClN7O. The average molecular weight is 518 g/mol. The summed E-state index contributed by atoms with van der Waals surface area (Å²) in [7, 11) is 0. The molecule has 0 unspecified atom stereocenters. The van der Waals surface area contributed by atoms with Crippen LogP contribution in [0.15, 0.2) is 47.3 Å². The molecule has 6 rings (SSSR count). The maximum absolute atomic E-state index is 13.5. The summed E-state index contributed by atoms with van der Waals surface area (Å²) in [4.78, 5) is 21.4. The third-order valence-corrected chi connectivity index (χ3v) is 8.18. The second kappa shape index (κ2) is 9.91. The molecule has 3 heterocycles. The molecular weight excluding hydrogens is 486 g/mol. The second-order valence-corrected chi connectivity index (χ2v) is 10.9. The number of aromatic amines is 1. The number of piperazine rings is 1. The van der Waals surface area contributed by atoms with Gasteiger partial charge in [0.05, 0.1) is 6.04 Å². The molecule has 2 aromatic heterocycles. The molecule has 2 aliphatic rings. The predicted molar refractivity (Wildman–Crippen MR) is 146 cm³/mol. The molecule has 1 N–H and O–H groups in total. The number of pyridine rings is 1. The molecule has 1 atom stereocenters. The number of hydrogen-bond donors (Lipinski definition) is 1. The van der Waals surface area contributed by atoms with E-state index < -0.39 is 0 Å². The molecule has 1 aliphatic heterocycles. The summed E-state index contributed by atoms with van der Waals surface area (Å²) in [5, 5.41) is 14.8. The number of aromatic nitrogens is 5. The standard InChI is InChI=1S/C28H32ClN7O/c1-18-7-10-24-20(15-18)16-23(28(37)30-24)26(27-31-32-33-36(27)22-5-3-4-6-22)35-13-11-34(12-14-35)25-17-21(29)9-8-19(25)2/h7-10,15-17,22,26H,3-6,11-14H2,1-2H3,(H,30,37)/t26-/m0/s1. The van der Waals surface area contributed by atoms with Gasteiger partial charge < -0.3 is 9.88 Å². The Labute approximate surface area is 221 Å². The van der Waals surface area contributed by atoms with Gasteiger partial charge in [-0.25, -0.2) is 4.68 Å². The fraction of sp³-hybridized carbons (Fsp3) is 0.429. The van der Waals surface area contributed by atoms with Crippen LogP contribution in [-0.4, -0.2) is 56.3 Å². The van der Waals surface area contributed by atoms with Gasteiger partial charge in [-0.2, -0.15) is 0 Å². The van der Waals surface area contributed by atoms with Crippen LogP contribution in [0.1, 0.15) is 60.3 Å². The van der Waals surface area contributed by atoms with Crippen molar-refractivity contribution in [2.24, 2.45) is 0 Å². The molecule has 0 spiro atoms. The van der Waals surface area contributed by atoms with E-state index in [0.29, 0.717) is 5.56 Å². The van der Waals surface area contributed by atoms with Crippen LogP contribution in [0.2, 0.25) is 5.02 Å². The highest BCUT2D eigenvalue weighted by Crippen LogP contribution is 2.35. The van der Waals surface area contributed by atoms with E-state index in [1.54, 1.807) is 0 Å². The van der Waals surface area contributed by atoms with Gasteiger partial charge >= 0.3 is 0 Å². The van der Waals surface area contributed by atoms with E-state index in [-0.39, 0.29) is 17.6 Å². The highest BCUT2D eigenvalue weighted by molar-refractivity contribution is 6.30. The molecule has 1 aliphatic carbocycles. The fourth-order valence-corrected chi connectivity index (χ4v) is 6.15. The third-order valence-electron chi connectivity index (χ3n) is 7.95. The zero-order chi connectivity index (χ0) is 25.5. The lowest BCUT2D eigenvalue weighted by Crippen LogP contribution is -2.49. The summed E-state index contributed by atoms with van der Waals surface area (Å²) in [6, 6.07) is 14.1. The Balaban J connectivity index is 1.39.